The Kier molecular flexibility index (Phi) is 5.95. The maximum atomic E-state index is 12.3. The number of nitrogens with zero attached hydrogens (tertiary/aromatic N) is 4. The molecule has 6 heteroatoms. The highest BCUT2D eigenvalue weighted by molar-refractivity contribution is 5.75. The summed E-state index contributed by atoms with van der Waals surface area (Å²) < 4.78 is 1.55. The molecule has 1 aromatic rings. The Morgan fingerprint density at radius 3 is 2.32 bits per heavy atom. The molecule has 0 aliphatic rings. The summed E-state index contributed by atoms with van der Waals surface area (Å²) in [6.45, 7) is 10.6. The van der Waals surface area contributed by atoms with Gasteiger partial charge in [-0.1, -0.05) is 32.9 Å². The zero-order chi connectivity index (χ0) is 14.4. The highest BCUT2D eigenvalue weighted by Crippen LogP contribution is 2.05. The molecule has 0 unspecified atom stereocenters. The first-order valence-corrected chi connectivity index (χ1v) is 6.79. The van der Waals surface area contributed by atoms with Crippen LogP contribution in [0.4, 0.5) is 0 Å². The molecule has 0 saturated heterocycles. The van der Waals surface area contributed by atoms with E-state index < -0.39 is 0 Å². The van der Waals surface area contributed by atoms with E-state index >= 15 is 0 Å². The van der Waals surface area contributed by atoms with Crippen molar-refractivity contribution in [3.05, 3.63) is 11.9 Å². The summed E-state index contributed by atoms with van der Waals surface area (Å²) in [4.78, 5) is 14.2. The topological polar surface area (TPSA) is 77.0 Å². The predicted molar refractivity (Wildman–Crippen MR) is 74.2 cm³/mol. The van der Waals surface area contributed by atoms with E-state index in [1.54, 1.807) is 10.9 Å². The van der Waals surface area contributed by atoms with Gasteiger partial charge in [-0.05, 0) is 11.8 Å². The van der Waals surface area contributed by atoms with Crippen LogP contribution in [-0.2, 0) is 17.9 Å². The van der Waals surface area contributed by atoms with Crippen LogP contribution in [0.15, 0.2) is 6.20 Å². The molecule has 0 saturated carbocycles. The standard InChI is InChI=1S/C13H25N5O/c1-10(2)6-17(7-11(3)4)13(19)9-18-8-12(5-14)15-16-18/h8,10-11H,5-7,9,14H2,1-4H3. The van der Waals surface area contributed by atoms with Crippen molar-refractivity contribution in [1.82, 2.24) is 19.9 Å². The lowest BCUT2D eigenvalue weighted by molar-refractivity contribution is -0.133. The van der Waals surface area contributed by atoms with E-state index in [1.807, 2.05) is 4.90 Å². The predicted octanol–water partition coefficient (Wildman–Crippen LogP) is 0.877. The van der Waals surface area contributed by atoms with Crippen molar-refractivity contribution in [1.29, 1.82) is 0 Å². The van der Waals surface area contributed by atoms with E-state index in [0.717, 1.165) is 13.1 Å². The van der Waals surface area contributed by atoms with Crippen LogP contribution in [0.3, 0.4) is 0 Å². The molecule has 0 aromatic carbocycles. The lowest BCUT2D eigenvalue weighted by Gasteiger charge is -2.26. The normalized spacial score (nSPS) is 11.3. The second-order valence-electron chi connectivity index (χ2n) is 5.70. The largest absolute Gasteiger partial charge is 0.341 e. The fourth-order valence-electron chi connectivity index (χ4n) is 1.91. The molecule has 2 N–H and O–H groups in total. The van der Waals surface area contributed by atoms with Crippen LogP contribution in [-0.4, -0.2) is 38.9 Å². The maximum absolute atomic E-state index is 12.3. The molecular formula is C13H25N5O. The molecule has 0 aliphatic carbocycles. The highest BCUT2D eigenvalue weighted by atomic mass is 16.2. The fraction of sp³-hybridized carbons (Fsp3) is 0.769. The van der Waals surface area contributed by atoms with Crippen molar-refractivity contribution >= 4 is 5.91 Å². The van der Waals surface area contributed by atoms with Crippen LogP contribution in [0.2, 0.25) is 0 Å². The van der Waals surface area contributed by atoms with Crippen LogP contribution in [0.25, 0.3) is 0 Å². The van der Waals surface area contributed by atoms with Crippen molar-refractivity contribution in [3.8, 4) is 0 Å². The number of aromatic nitrogens is 3. The second kappa shape index (κ2) is 7.23. The van der Waals surface area contributed by atoms with Gasteiger partial charge < -0.3 is 10.6 Å². The van der Waals surface area contributed by atoms with Gasteiger partial charge in [0, 0.05) is 19.6 Å². The first-order valence-electron chi connectivity index (χ1n) is 6.79. The van der Waals surface area contributed by atoms with Crippen LogP contribution >= 0.6 is 0 Å². The van der Waals surface area contributed by atoms with Crippen molar-refractivity contribution in [2.24, 2.45) is 17.6 Å². The molecule has 6 nitrogen and oxygen atoms in total. The van der Waals surface area contributed by atoms with Crippen molar-refractivity contribution < 1.29 is 4.79 Å². The number of nitrogens with two attached hydrogens (primary N) is 1. The number of hydrogen-bond donors (Lipinski definition) is 1. The Hall–Kier alpha value is -1.43. The Labute approximate surface area is 115 Å². The Balaban J connectivity index is 2.64. The van der Waals surface area contributed by atoms with Gasteiger partial charge in [-0.15, -0.1) is 5.10 Å². The summed E-state index contributed by atoms with van der Waals surface area (Å²) >= 11 is 0. The maximum Gasteiger partial charge on any atom is 0.244 e. The average Bonchev–Trinajstić information content (AvgIpc) is 2.74. The van der Waals surface area contributed by atoms with Gasteiger partial charge in [-0.25, -0.2) is 4.68 Å². The zero-order valence-electron chi connectivity index (χ0n) is 12.3. The molecule has 1 heterocycles. The number of amides is 1. The Bertz CT molecular complexity index is 389. The molecule has 108 valence electrons. The lowest BCUT2D eigenvalue weighted by Crippen LogP contribution is -2.39. The molecule has 0 aliphatic heterocycles. The van der Waals surface area contributed by atoms with Gasteiger partial charge in [-0.3, -0.25) is 4.79 Å². The van der Waals surface area contributed by atoms with E-state index in [1.165, 1.54) is 0 Å². The molecule has 0 atom stereocenters. The average molecular weight is 267 g/mol. The SMILES string of the molecule is CC(C)CN(CC(C)C)C(=O)Cn1cc(CN)nn1. The third kappa shape index (κ3) is 5.38. The zero-order valence-corrected chi connectivity index (χ0v) is 12.3. The molecule has 0 radical (unpaired) electrons. The summed E-state index contributed by atoms with van der Waals surface area (Å²) in [5.74, 6) is 0.993. The van der Waals surface area contributed by atoms with Gasteiger partial charge in [0.1, 0.15) is 6.54 Å². The molecule has 1 rings (SSSR count). The van der Waals surface area contributed by atoms with Gasteiger partial charge >= 0.3 is 0 Å². The second-order valence-corrected chi connectivity index (χ2v) is 5.70. The quantitative estimate of drug-likeness (QED) is 0.795. The Morgan fingerprint density at radius 2 is 1.89 bits per heavy atom. The van der Waals surface area contributed by atoms with Gasteiger partial charge in [0.05, 0.1) is 11.9 Å². The minimum Gasteiger partial charge on any atom is -0.341 e. The number of rotatable bonds is 7. The smallest absolute Gasteiger partial charge is 0.244 e. The molecule has 0 spiro atoms. The van der Waals surface area contributed by atoms with Crippen molar-refractivity contribution in [2.45, 2.75) is 40.8 Å². The summed E-state index contributed by atoms with van der Waals surface area (Å²) in [6.07, 6.45) is 1.72. The molecule has 19 heavy (non-hydrogen) atoms. The third-order valence-corrected chi connectivity index (χ3v) is 2.62. The number of carbonyl (C=O) groups is 1. The minimum absolute atomic E-state index is 0.0795. The summed E-state index contributed by atoms with van der Waals surface area (Å²) in [5.41, 5.74) is 6.18. The van der Waals surface area contributed by atoms with Crippen LogP contribution < -0.4 is 5.73 Å². The monoisotopic (exact) mass is 267 g/mol. The molecule has 0 bridgehead atoms. The van der Waals surface area contributed by atoms with E-state index in [-0.39, 0.29) is 12.5 Å². The van der Waals surface area contributed by atoms with Crippen LogP contribution in [0, 0.1) is 11.8 Å². The van der Waals surface area contributed by atoms with Crippen molar-refractivity contribution in [2.75, 3.05) is 13.1 Å². The first kappa shape index (κ1) is 15.6. The number of carbonyl (C=O) groups excluding carboxylic acids is 1. The lowest BCUT2D eigenvalue weighted by atomic mass is 10.1. The molecule has 0 fully saturated rings. The fourth-order valence-corrected chi connectivity index (χ4v) is 1.91. The van der Waals surface area contributed by atoms with Gasteiger partial charge in [0.25, 0.3) is 0 Å². The van der Waals surface area contributed by atoms with Gasteiger partial charge in [0.15, 0.2) is 0 Å². The minimum atomic E-state index is 0.0795. The van der Waals surface area contributed by atoms with Crippen LogP contribution in [0.1, 0.15) is 33.4 Å². The van der Waals surface area contributed by atoms with E-state index in [0.29, 0.717) is 24.1 Å². The summed E-state index contributed by atoms with van der Waals surface area (Å²) in [7, 11) is 0. The summed E-state index contributed by atoms with van der Waals surface area (Å²) in [5, 5.41) is 7.79. The molecule has 1 amide bonds. The summed E-state index contributed by atoms with van der Waals surface area (Å²) in [6, 6.07) is 0. The van der Waals surface area contributed by atoms with Crippen molar-refractivity contribution in [3.63, 3.8) is 0 Å². The third-order valence-electron chi connectivity index (χ3n) is 2.62. The van der Waals surface area contributed by atoms with E-state index in [9.17, 15) is 4.79 Å². The van der Waals surface area contributed by atoms with E-state index in [4.69, 9.17) is 5.73 Å². The molecular weight excluding hydrogens is 242 g/mol. The van der Waals surface area contributed by atoms with E-state index in [2.05, 4.69) is 38.0 Å². The number of hydrogen-bond acceptors (Lipinski definition) is 4. The molecule has 1 aromatic heterocycles. The first-order chi connectivity index (χ1) is 8.92. The van der Waals surface area contributed by atoms with Gasteiger partial charge in [-0.2, -0.15) is 0 Å². The van der Waals surface area contributed by atoms with Crippen LogP contribution in [0.5, 0.6) is 0 Å². The van der Waals surface area contributed by atoms with Gasteiger partial charge in [0.2, 0.25) is 5.91 Å². The highest BCUT2D eigenvalue weighted by Gasteiger charge is 2.17. The Morgan fingerprint density at radius 1 is 1.32 bits per heavy atom.